The average Bonchev–Trinajstić information content (AvgIpc) is 3.49. The summed E-state index contributed by atoms with van der Waals surface area (Å²) in [7, 11) is 1.29. The van der Waals surface area contributed by atoms with Crippen molar-refractivity contribution in [1.29, 1.82) is 0 Å². The second-order valence-corrected chi connectivity index (χ2v) is 9.46. The van der Waals surface area contributed by atoms with E-state index < -0.39 is 23.8 Å². The SMILES string of the molecule is COC(=O)[C@@H]1C(=O)C2=C(C[C@H]1C)NC(C)=C(C(=O)OC1CCCC1)[C@H]2c1ccc2c(c1)OCO2. The van der Waals surface area contributed by atoms with Gasteiger partial charge in [0.05, 0.1) is 12.7 Å². The first-order valence-corrected chi connectivity index (χ1v) is 11.8. The van der Waals surface area contributed by atoms with E-state index in [0.717, 1.165) is 31.4 Å². The van der Waals surface area contributed by atoms with Crippen LogP contribution in [-0.2, 0) is 23.9 Å². The maximum atomic E-state index is 13.8. The number of rotatable bonds is 4. The number of fused-ring (bicyclic) bond motifs is 1. The Balaban J connectivity index is 1.60. The monoisotopic (exact) mass is 467 g/mol. The number of carbonyl (C=O) groups excluding carboxylic acids is 3. The second-order valence-electron chi connectivity index (χ2n) is 9.46. The van der Waals surface area contributed by atoms with Crippen molar-refractivity contribution in [3.05, 3.63) is 46.3 Å². The standard InChI is InChI=1S/C26H29NO7/c1-13-10-17-23(24(28)20(13)25(29)31-3)22(15-8-9-18-19(11-15)33-12-32-18)21(14(2)27-17)26(30)34-16-6-4-5-7-16/h8-9,11,13,16,20,22,27H,4-7,10,12H2,1-3H3/t13-,20+,22-/m1/s1. The highest BCUT2D eigenvalue weighted by atomic mass is 16.7. The Labute approximate surface area is 198 Å². The van der Waals surface area contributed by atoms with E-state index in [-0.39, 0.29) is 24.6 Å². The van der Waals surface area contributed by atoms with Crippen LogP contribution in [0.4, 0.5) is 0 Å². The molecule has 1 aromatic rings. The summed E-state index contributed by atoms with van der Waals surface area (Å²) in [5.41, 5.74) is 2.89. The molecule has 2 aliphatic carbocycles. The molecule has 0 radical (unpaired) electrons. The summed E-state index contributed by atoms with van der Waals surface area (Å²) in [6, 6.07) is 5.42. The van der Waals surface area contributed by atoms with Gasteiger partial charge < -0.3 is 24.3 Å². The van der Waals surface area contributed by atoms with Gasteiger partial charge in [0.1, 0.15) is 12.0 Å². The van der Waals surface area contributed by atoms with Crippen molar-refractivity contribution in [2.75, 3.05) is 13.9 Å². The van der Waals surface area contributed by atoms with Crippen LogP contribution in [0.1, 0.15) is 57.4 Å². The third-order valence-electron chi connectivity index (χ3n) is 7.27. The highest BCUT2D eigenvalue weighted by Gasteiger charge is 2.47. The number of ketones is 1. The number of Topliss-reactive ketones (excluding diaryl/α,β-unsaturated/α-hetero) is 1. The molecule has 34 heavy (non-hydrogen) atoms. The molecule has 180 valence electrons. The lowest BCUT2D eigenvalue weighted by Gasteiger charge is -2.38. The van der Waals surface area contributed by atoms with Gasteiger partial charge in [-0.1, -0.05) is 13.0 Å². The molecule has 0 amide bonds. The fourth-order valence-corrected chi connectivity index (χ4v) is 5.60. The summed E-state index contributed by atoms with van der Waals surface area (Å²) in [6.45, 7) is 3.81. The highest BCUT2D eigenvalue weighted by molar-refractivity contribution is 6.12. The number of nitrogens with one attached hydrogen (secondary N) is 1. The van der Waals surface area contributed by atoms with E-state index in [0.29, 0.717) is 40.3 Å². The quantitative estimate of drug-likeness (QED) is 0.530. The van der Waals surface area contributed by atoms with Crippen LogP contribution in [0, 0.1) is 11.8 Å². The first-order chi connectivity index (χ1) is 16.4. The van der Waals surface area contributed by atoms with Gasteiger partial charge in [-0.15, -0.1) is 0 Å². The van der Waals surface area contributed by atoms with Crippen LogP contribution >= 0.6 is 0 Å². The van der Waals surface area contributed by atoms with E-state index in [1.807, 2.05) is 19.9 Å². The number of ether oxygens (including phenoxy) is 4. The number of benzene rings is 1. The lowest BCUT2D eigenvalue weighted by atomic mass is 9.69. The van der Waals surface area contributed by atoms with E-state index in [1.54, 1.807) is 12.1 Å². The molecule has 3 atom stereocenters. The summed E-state index contributed by atoms with van der Waals surface area (Å²) in [5.74, 6) is -2.00. The summed E-state index contributed by atoms with van der Waals surface area (Å²) in [5, 5.41) is 3.29. The Kier molecular flexibility index (Phi) is 5.83. The van der Waals surface area contributed by atoms with Crippen molar-refractivity contribution < 1.29 is 33.3 Å². The van der Waals surface area contributed by atoms with E-state index >= 15 is 0 Å². The Hall–Kier alpha value is -3.29. The topological polar surface area (TPSA) is 100 Å². The molecule has 0 saturated heterocycles. The molecule has 2 heterocycles. The Morgan fingerprint density at radius 2 is 1.85 bits per heavy atom. The predicted octanol–water partition coefficient (Wildman–Crippen LogP) is 3.51. The van der Waals surface area contributed by atoms with Gasteiger partial charge in [-0.3, -0.25) is 9.59 Å². The minimum Gasteiger partial charge on any atom is -0.468 e. The normalized spacial score (nSPS) is 26.3. The number of methoxy groups -OCH3 is 1. The van der Waals surface area contributed by atoms with Crippen LogP contribution < -0.4 is 14.8 Å². The maximum absolute atomic E-state index is 13.8. The van der Waals surface area contributed by atoms with Gasteiger partial charge in [-0.05, 0) is 62.6 Å². The average molecular weight is 468 g/mol. The molecule has 1 N–H and O–H groups in total. The van der Waals surface area contributed by atoms with Crippen molar-refractivity contribution in [2.24, 2.45) is 11.8 Å². The van der Waals surface area contributed by atoms with Gasteiger partial charge in [0, 0.05) is 22.9 Å². The minimum atomic E-state index is -0.924. The lowest BCUT2D eigenvalue weighted by molar-refractivity contribution is -0.151. The smallest absolute Gasteiger partial charge is 0.337 e. The Morgan fingerprint density at radius 1 is 1.12 bits per heavy atom. The number of hydrogen-bond acceptors (Lipinski definition) is 8. The third-order valence-corrected chi connectivity index (χ3v) is 7.27. The van der Waals surface area contributed by atoms with Crippen molar-refractivity contribution in [3.63, 3.8) is 0 Å². The maximum Gasteiger partial charge on any atom is 0.337 e. The van der Waals surface area contributed by atoms with Crippen LogP contribution in [-0.4, -0.2) is 37.7 Å². The fraction of sp³-hybridized carbons (Fsp3) is 0.500. The Morgan fingerprint density at radius 3 is 2.59 bits per heavy atom. The van der Waals surface area contributed by atoms with E-state index in [1.165, 1.54) is 7.11 Å². The molecule has 1 aromatic carbocycles. The van der Waals surface area contributed by atoms with Crippen LogP contribution in [0.2, 0.25) is 0 Å². The summed E-state index contributed by atoms with van der Waals surface area (Å²) < 4.78 is 21.9. The van der Waals surface area contributed by atoms with Crippen LogP contribution in [0.3, 0.4) is 0 Å². The number of dihydropyridines is 1. The molecule has 1 fully saturated rings. The molecule has 0 aromatic heterocycles. The largest absolute Gasteiger partial charge is 0.468 e. The van der Waals surface area contributed by atoms with Gasteiger partial charge >= 0.3 is 11.9 Å². The Bertz CT molecular complexity index is 1110. The van der Waals surface area contributed by atoms with Gasteiger partial charge in [0.25, 0.3) is 0 Å². The van der Waals surface area contributed by atoms with Crippen LogP contribution in [0.15, 0.2) is 40.7 Å². The lowest BCUT2D eigenvalue weighted by Crippen LogP contribution is -2.43. The zero-order valence-corrected chi connectivity index (χ0v) is 19.6. The van der Waals surface area contributed by atoms with Gasteiger partial charge in [0.2, 0.25) is 6.79 Å². The van der Waals surface area contributed by atoms with Crippen molar-refractivity contribution in [3.8, 4) is 11.5 Å². The van der Waals surface area contributed by atoms with Crippen molar-refractivity contribution >= 4 is 17.7 Å². The van der Waals surface area contributed by atoms with Crippen molar-refractivity contribution in [1.82, 2.24) is 5.32 Å². The van der Waals surface area contributed by atoms with Gasteiger partial charge in [-0.2, -0.15) is 0 Å². The number of carbonyl (C=O) groups is 3. The van der Waals surface area contributed by atoms with E-state index in [9.17, 15) is 14.4 Å². The zero-order valence-electron chi connectivity index (χ0n) is 19.6. The van der Waals surface area contributed by atoms with Gasteiger partial charge in [-0.25, -0.2) is 4.79 Å². The number of esters is 2. The fourth-order valence-electron chi connectivity index (χ4n) is 5.60. The molecule has 8 heteroatoms. The first kappa shape index (κ1) is 22.5. The molecular formula is C26H29NO7. The molecule has 1 saturated carbocycles. The summed E-state index contributed by atoms with van der Waals surface area (Å²) in [6.07, 6.45) is 4.12. The molecule has 0 spiro atoms. The molecule has 8 nitrogen and oxygen atoms in total. The predicted molar refractivity (Wildman–Crippen MR) is 121 cm³/mol. The third kappa shape index (κ3) is 3.75. The summed E-state index contributed by atoms with van der Waals surface area (Å²) >= 11 is 0. The zero-order chi connectivity index (χ0) is 24.0. The number of allylic oxidation sites excluding steroid dienone is 3. The molecular weight excluding hydrogens is 438 g/mol. The van der Waals surface area contributed by atoms with E-state index in [2.05, 4.69) is 5.32 Å². The highest BCUT2D eigenvalue weighted by Crippen LogP contribution is 2.47. The van der Waals surface area contributed by atoms with Crippen molar-refractivity contribution in [2.45, 2.75) is 58.0 Å². The molecule has 0 unspecified atom stereocenters. The van der Waals surface area contributed by atoms with Crippen LogP contribution in [0.5, 0.6) is 11.5 Å². The molecule has 2 aliphatic heterocycles. The van der Waals surface area contributed by atoms with E-state index in [4.69, 9.17) is 18.9 Å². The second kappa shape index (κ2) is 8.81. The molecule has 5 rings (SSSR count). The van der Waals surface area contributed by atoms with Crippen LogP contribution in [0.25, 0.3) is 0 Å². The molecule has 4 aliphatic rings. The first-order valence-electron chi connectivity index (χ1n) is 11.8. The molecule has 0 bridgehead atoms. The minimum absolute atomic E-state index is 0.116. The summed E-state index contributed by atoms with van der Waals surface area (Å²) in [4.78, 5) is 39.8. The van der Waals surface area contributed by atoms with Gasteiger partial charge in [0.15, 0.2) is 17.3 Å². The number of hydrogen-bond donors (Lipinski definition) is 1.